The molecule has 0 saturated carbocycles. The van der Waals surface area contributed by atoms with Gasteiger partial charge in [-0.2, -0.15) is 0 Å². The molecule has 0 aromatic heterocycles. The fourth-order valence-electron chi connectivity index (χ4n) is 1.71. The number of rotatable bonds is 2. The minimum Gasteiger partial charge on any atom is -0.392 e. The van der Waals surface area contributed by atoms with Crippen molar-refractivity contribution >= 4 is 29.1 Å². The monoisotopic (exact) mass is 254 g/mol. The summed E-state index contributed by atoms with van der Waals surface area (Å²) in [4.78, 5) is 24.1. The van der Waals surface area contributed by atoms with Gasteiger partial charge in [-0.15, -0.1) is 0 Å². The van der Waals surface area contributed by atoms with Crippen LogP contribution in [0.4, 0.5) is 5.69 Å². The molecule has 1 saturated heterocycles. The molecule has 1 aromatic carbocycles. The molecule has 90 valence electrons. The summed E-state index contributed by atoms with van der Waals surface area (Å²) < 4.78 is 0. The zero-order valence-corrected chi connectivity index (χ0v) is 9.70. The van der Waals surface area contributed by atoms with Crippen molar-refractivity contribution in [2.75, 3.05) is 18.0 Å². The number of amides is 2. The molecule has 2 N–H and O–H groups in total. The average molecular weight is 255 g/mol. The molecular formula is C11H11ClN2O3. The molecule has 6 heteroatoms. The van der Waals surface area contributed by atoms with Crippen LogP contribution < -0.4 is 10.2 Å². The summed E-state index contributed by atoms with van der Waals surface area (Å²) >= 11 is 6.04. The molecule has 1 heterocycles. The van der Waals surface area contributed by atoms with Gasteiger partial charge in [0.2, 0.25) is 11.8 Å². The maximum Gasteiger partial charge on any atom is 0.246 e. The van der Waals surface area contributed by atoms with Crippen LogP contribution >= 0.6 is 11.6 Å². The van der Waals surface area contributed by atoms with Crippen molar-refractivity contribution in [3.63, 3.8) is 0 Å². The van der Waals surface area contributed by atoms with E-state index in [1.165, 1.54) is 0 Å². The molecule has 0 aliphatic carbocycles. The van der Waals surface area contributed by atoms with E-state index in [-0.39, 0.29) is 31.5 Å². The third-order valence-electron chi connectivity index (χ3n) is 2.48. The fraction of sp³-hybridized carbons (Fsp3) is 0.273. The number of halogens is 1. The summed E-state index contributed by atoms with van der Waals surface area (Å²) in [5.41, 5.74) is 1.30. The second-order valence-corrected chi connectivity index (χ2v) is 4.18. The molecule has 0 radical (unpaired) electrons. The Morgan fingerprint density at radius 3 is 2.47 bits per heavy atom. The number of carbonyl (C=O) groups excluding carboxylic acids is 2. The molecule has 0 bridgehead atoms. The van der Waals surface area contributed by atoms with Crippen LogP contribution in [0.5, 0.6) is 0 Å². The number of hydrogen-bond donors (Lipinski definition) is 2. The first-order chi connectivity index (χ1) is 8.10. The lowest BCUT2D eigenvalue weighted by Crippen LogP contribution is -2.51. The van der Waals surface area contributed by atoms with Gasteiger partial charge in [-0.1, -0.05) is 17.7 Å². The Balaban J connectivity index is 2.27. The average Bonchev–Trinajstić information content (AvgIpc) is 2.27. The van der Waals surface area contributed by atoms with Gasteiger partial charge in [0, 0.05) is 0 Å². The van der Waals surface area contributed by atoms with E-state index in [4.69, 9.17) is 16.7 Å². The molecule has 2 amide bonds. The summed E-state index contributed by atoms with van der Waals surface area (Å²) in [5, 5.41) is 11.6. The lowest BCUT2D eigenvalue weighted by atomic mass is 10.2. The summed E-state index contributed by atoms with van der Waals surface area (Å²) in [6.07, 6.45) is 0. The van der Waals surface area contributed by atoms with E-state index in [1.54, 1.807) is 23.1 Å². The zero-order chi connectivity index (χ0) is 12.4. The zero-order valence-electron chi connectivity index (χ0n) is 8.94. The van der Waals surface area contributed by atoms with Gasteiger partial charge in [0.25, 0.3) is 0 Å². The van der Waals surface area contributed by atoms with Gasteiger partial charge < -0.3 is 10.0 Å². The van der Waals surface area contributed by atoms with Gasteiger partial charge in [0.15, 0.2) is 0 Å². The molecule has 0 spiro atoms. The summed E-state index contributed by atoms with van der Waals surface area (Å²) in [7, 11) is 0. The van der Waals surface area contributed by atoms with Crippen molar-refractivity contribution in [1.82, 2.24) is 5.32 Å². The third-order valence-corrected chi connectivity index (χ3v) is 2.79. The summed E-state index contributed by atoms with van der Waals surface area (Å²) in [6, 6.07) is 5.02. The van der Waals surface area contributed by atoms with Crippen LogP contribution in [0, 0.1) is 0 Å². The standard InChI is InChI=1S/C11H11ClN2O3/c12-8-3-7(6-15)1-2-9(8)14-4-10(16)13-11(17)5-14/h1-3,15H,4-6H2,(H,13,16,17). The minimum atomic E-state index is -0.344. The highest BCUT2D eigenvalue weighted by Gasteiger charge is 2.23. The topological polar surface area (TPSA) is 69.6 Å². The van der Waals surface area contributed by atoms with E-state index in [1.807, 2.05) is 0 Å². The first kappa shape index (κ1) is 11.9. The summed E-state index contributed by atoms with van der Waals surface area (Å²) in [5.74, 6) is -0.688. The van der Waals surface area contributed by atoms with Crippen molar-refractivity contribution in [2.24, 2.45) is 0 Å². The maximum atomic E-state index is 11.2. The molecule has 17 heavy (non-hydrogen) atoms. The van der Waals surface area contributed by atoms with E-state index < -0.39 is 0 Å². The Labute approximate surface area is 103 Å². The van der Waals surface area contributed by atoms with Crippen molar-refractivity contribution in [3.05, 3.63) is 28.8 Å². The van der Waals surface area contributed by atoms with Crippen LogP contribution in [0.25, 0.3) is 0 Å². The normalized spacial score (nSPS) is 16.0. The van der Waals surface area contributed by atoms with Gasteiger partial charge >= 0.3 is 0 Å². The number of imide groups is 1. The number of piperazine rings is 1. The van der Waals surface area contributed by atoms with Gasteiger partial charge in [-0.25, -0.2) is 0 Å². The largest absolute Gasteiger partial charge is 0.392 e. The van der Waals surface area contributed by atoms with Crippen LogP contribution in [0.1, 0.15) is 5.56 Å². The highest BCUT2D eigenvalue weighted by molar-refractivity contribution is 6.33. The Bertz CT molecular complexity index is 460. The lowest BCUT2D eigenvalue weighted by Gasteiger charge is -2.28. The van der Waals surface area contributed by atoms with Crippen LogP contribution in [0.3, 0.4) is 0 Å². The van der Waals surface area contributed by atoms with E-state index in [0.29, 0.717) is 16.3 Å². The van der Waals surface area contributed by atoms with Crippen molar-refractivity contribution < 1.29 is 14.7 Å². The number of nitrogens with one attached hydrogen (secondary N) is 1. The molecule has 5 nitrogen and oxygen atoms in total. The third kappa shape index (κ3) is 2.57. The highest BCUT2D eigenvalue weighted by Crippen LogP contribution is 2.27. The highest BCUT2D eigenvalue weighted by atomic mass is 35.5. The predicted molar refractivity (Wildman–Crippen MR) is 62.7 cm³/mol. The Morgan fingerprint density at radius 1 is 1.29 bits per heavy atom. The first-order valence-corrected chi connectivity index (χ1v) is 5.45. The van der Waals surface area contributed by atoms with E-state index in [0.717, 1.165) is 0 Å². The maximum absolute atomic E-state index is 11.2. The van der Waals surface area contributed by atoms with Gasteiger partial charge in [-0.05, 0) is 17.7 Å². The van der Waals surface area contributed by atoms with Gasteiger partial charge in [-0.3, -0.25) is 14.9 Å². The number of nitrogens with zero attached hydrogens (tertiary/aromatic N) is 1. The number of carbonyl (C=O) groups is 2. The van der Waals surface area contributed by atoms with E-state index in [9.17, 15) is 9.59 Å². The number of anilines is 1. The predicted octanol–water partition coefficient (Wildman–Crippen LogP) is 0.295. The smallest absolute Gasteiger partial charge is 0.246 e. The van der Waals surface area contributed by atoms with Crippen LogP contribution in [0.15, 0.2) is 18.2 Å². The molecule has 0 unspecified atom stereocenters. The first-order valence-electron chi connectivity index (χ1n) is 5.07. The van der Waals surface area contributed by atoms with Crippen LogP contribution in [-0.2, 0) is 16.2 Å². The Kier molecular flexibility index (Phi) is 3.31. The number of hydrogen-bond acceptors (Lipinski definition) is 4. The van der Waals surface area contributed by atoms with E-state index >= 15 is 0 Å². The minimum absolute atomic E-state index is 0.0978. The summed E-state index contributed by atoms with van der Waals surface area (Å²) in [6.45, 7) is 0.104. The van der Waals surface area contributed by atoms with Crippen LogP contribution in [0.2, 0.25) is 5.02 Å². The molecular weight excluding hydrogens is 244 g/mol. The molecule has 1 aliphatic rings. The Morgan fingerprint density at radius 2 is 1.94 bits per heavy atom. The van der Waals surface area contributed by atoms with Crippen molar-refractivity contribution in [1.29, 1.82) is 0 Å². The van der Waals surface area contributed by atoms with Gasteiger partial charge in [0.05, 0.1) is 30.4 Å². The second-order valence-electron chi connectivity index (χ2n) is 3.77. The fourth-order valence-corrected chi connectivity index (χ4v) is 2.04. The molecule has 1 aromatic rings. The van der Waals surface area contributed by atoms with Crippen LogP contribution in [-0.4, -0.2) is 30.0 Å². The number of aliphatic hydroxyl groups is 1. The Hall–Kier alpha value is -1.59. The second kappa shape index (κ2) is 4.73. The molecule has 2 rings (SSSR count). The van der Waals surface area contributed by atoms with Gasteiger partial charge in [0.1, 0.15) is 0 Å². The molecule has 1 fully saturated rings. The molecule has 1 aliphatic heterocycles. The quantitative estimate of drug-likeness (QED) is 0.745. The lowest BCUT2D eigenvalue weighted by molar-refractivity contribution is -0.130. The van der Waals surface area contributed by atoms with Crippen molar-refractivity contribution in [3.8, 4) is 0 Å². The SMILES string of the molecule is O=C1CN(c2ccc(CO)cc2Cl)CC(=O)N1. The number of benzene rings is 1. The van der Waals surface area contributed by atoms with Crippen molar-refractivity contribution in [2.45, 2.75) is 6.61 Å². The number of aliphatic hydroxyl groups excluding tert-OH is 1. The van der Waals surface area contributed by atoms with E-state index in [2.05, 4.69) is 5.32 Å². The molecule has 0 atom stereocenters.